The van der Waals surface area contributed by atoms with Gasteiger partial charge in [0.1, 0.15) is 0 Å². The maximum atomic E-state index is 8.47. The third kappa shape index (κ3) is 2.72. The van der Waals surface area contributed by atoms with Crippen LogP contribution in [0, 0.1) is 5.39 Å². The van der Waals surface area contributed by atoms with Gasteiger partial charge in [-0.1, -0.05) is 24.3 Å². The largest absolute Gasteiger partial charge is 0.362 e. The fourth-order valence-corrected chi connectivity index (χ4v) is 1.99. The Morgan fingerprint density at radius 2 is 1.50 bits per heavy atom. The summed E-state index contributed by atoms with van der Waals surface area (Å²) in [7, 11) is 0. The minimum atomic E-state index is 0.624. The van der Waals surface area contributed by atoms with E-state index in [1.54, 1.807) is 12.2 Å². The highest BCUT2D eigenvalue weighted by Crippen LogP contribution is 2.23. The summed E-state index contributed by atoms with van der Waals surface area (Å²) in [5.41, 5.74) is 13.6. The van der Waals surface area contributed by atoms with Crippen LogP contribution in [-0.2, 0) is 0 Å². The van der Waals surface area contributed by atoms with Crippen LogP contribution in [0.4, 0.5) is 0 Å². The zero-order chi connectivity index (χ0) is 14.5. The molecule has 0 N–H and O–H groups in total. The third-order valence-electron chi connectivity index (χ3n) is 3.03. The van der Waals surface area contributed by atoms with Gasteiger partial charge in [-0.15, -0.1) is 0 Å². The first-order valence-electron chi connectivity index (χ1n) is 5.97. The number of hydrogen-bond acceptors (Lipinski definition) is 3. The Hall–Kier alpha value is -2.94. The first kappa shape index (κ1) is 13.5. The van der Waals surface area contributed by atoms with Crippen molar-refractivity contribution in [3.8, 4) is 0 Å². The van der Waals surface area contributed by atoms with E-state index in [4.69, 9.17) is 10.9 Å². The summed E-state index contributed by atoms with van der Waals surface area (Å²) in [6, 6.07) is 0. The average molecular weight is 264 g/mol. The van der Waals surface area contributed by atoms with Gasteiger partial charge in [-0.05, 0) is 54.0 Å². The van der Waals surface area contributed by atoms with Gasteiger partial charge in [0.05, 0.1) is 0 Å². The van der Waals surface area contributed by atoms with Crippen molar-refractivity contribution < 1.29 is 0 Å². The predicted octanol–water partition coefficient (Wildman–Crippen LogP) is 3.90. The number of nitrogens with zero attached hydrogens (tertiary/aromatic N) is 6. The van der Waals surface area contributed by atoms with Crippen LogP contribution in [0.15, 0.2) is 74.2 Å². The lowest BCUT2D eigenvalue weighted by atomic mass is 9.93. The molecule has 0 aliphatic heterocycles. The van der Waals surface area contributed by atoms with Gasteiger partial charge in [-0.2, -0.15) is 0 Å². The normalized spacial score (nSPS) is 25.4. The van der Waals surface area contributed by atoms with E-state index in [1.165, 1.54) is 0 Å². The van der Waals surface area contributed by atoms with E-state index in [2.05, 4.69) is 20.5 Å². The molecule has 0 aromatic rings. The molecule has 0 unspecified atom stereocenters. The zero-order valence-corrected chi connectivity index (χ0v) is 11.1. The number of hydrogen-bond donors (Lipinski definition) is 0. The summed E-state index contributed by atoms with van der Waals surface area (Å²) in [6.07, 6.45) is 11.3. The number of allylic oxidation sites excluding steroid dienone is 10. The molecule has 20 heavy (non-hydrogen) atoms. The molecule has 0 radical (unpaired) electrons. The third-order valence-corrected chi connectivity index (χ3v) is 3.03. The lowest BCUT2D eigenvalue weighted by Crippen LogP contribution is -2.04. The van der Waals surface area contributed by atoms with E-state index in [9.17, 15) is 0 Å². The van der Waals surface area contributed by atoms with Gasteiger partial charge in [0.25, 0.3) is 5.39 Å². The van der Waals surface area contributed by atoms with Crippen LogP contribution >= 0.6 is 0 Å². The quantitative estimate of drug-likeness (QED) is 0.401. The van der Waals surface area contributed by atoms with Crippen LogP contribution in [0.3, 0.4) is 0 Å². The van der Waals surface area contributed by atoms with Crippen LogP contribution in [0.25, 0.3) is 10.6 Å². The molecule has 0 saturated heterocycles. The standard InChI is InChI=1S/C14H12N6/c1-9-7-11(3-5-13(9)17-19-15)12-4-6-14(18-20-16)10(2)8-12/h3-8H,1-2H3. The first-order chi connectivity index (χ1) is 9.65. The molecule has 2 aliphatic rings. The van der Waals surface area contributed by atoms with E-state index in [-0.39, 0.29) is 0 Å². The zero-order valence-electron chi connectivity index (χ0n) is 11.1. The summed E-state index contributed by atoms with van der Waals surface area (Å²) >= 11 is 0. The fourth-order valence-electron chi connectivity index (χ4n) is 1.99. The predicted molar refractivity (Wildman–Crippen MR) is 78.6 cm³/mol. The van der Waals surface area contributed by atoms with Gasteiger partial charge in [0.2, 0.25) is 0 Å². The number of diazo groups is 1. The van der Waals surface area contributed by atoms with Crippen LogP contribution in [0.1, 0.15) is 13.8 Å². The molecule has 0 aromatic heterocycles. The van der Waals surface area contributed by atoms with E-state index < -0.39 is 0 Å². The van der Waals surface area contributed by atoms with E-state index in [1.807, 2.05) is 38.2 Å². The molecule has 6 nitrogen and oxygen atoms in total. The fraction of sp³-hybridized carbons (Fsp3) is 0.143. The van der Waals surface area contributed by atoms with Crippen molar-refractivity contribution in [1.29, 1.82) is 5.39 Å². The second kappa shape index (κ2) is 5.80. The van der Waals surface area contributed by atoms with Crippen molar-refractivity contribution >= 4 is 11.4 Å². The molecule has 98 valence electrons. The lowest BCUT2D eigenvalue weighted by Gasteiger charge is -2.15. The summed E-state index contributed by atoms with van der Waals surface area (Å²) in [5.74, 6) is 0. The molecule has 0 fully saturated rings. The topological polar surface area (TPSA) is 87.5 Å². The first-order valence-corrected chi connectivity index (χ1v) is 5.97. The molecule has 0 bridgehead atoms. The molecule has 0 heterocycles. The van der Waals surface area contributed by atoms with Crippen molar-refractivity contribution in [3.63, 3.8) is 0 Å². The molecular weight excluding hydrogens is 252 g/mol. The van der Waals surface area contributed by atoms with Crippen LogP contribution in [-0.4, -0.2) is 11.4 Å². The Labute approximate surface area is 116 Å². The molecule has 0 amide bonds. The minimum Gasteiger partial charge on any atom is -0.362 e. The van der Waals surface area contributed by atoms with Crippen molar-refractivity contribution in [2.24, 2.45) is 15.4 Å². The van der Waals surface area contributed by atoms with E-state index in [0.717, 1.165) is 22.3 Å². The van der Waals surface area contributed by atoms with E-state index >= 15 is 0 Å². The molecule has 0 saturated carbocycles. The molecule has 2 rings (SSSR count). The highest BCUT2D eigenvalue weighted by atomic mass is 15.3. The molecule has 0 atom stereocenters. The van der Waals surface area contributed by atoms with Crippen molar-refractivity contribution in [1.82, 2.24) is 0 Å². The minimum absolute atomic E-state index is 0.624. The Morgan fingerprint density at radius 1 is 0.950 bits per heavy atom. The van der Waals surface area contributed by atoms with Crippen molar-refractivity contribution in [3.05, 3.63) is 69.4 Å². The Balaban J connectivity index is 2.40. The maximum Gasteiger partial charge on any atom is 0.339 e. The van der Waals surface area contributed by atoms with Gasteiger partial charge in [0, 0.05) is 0 Å². The molecular formula is C14H12N6. The Bertz CT molecular complexity index is 704. The number of rotatable bonds is 1. The van der Waals surface area contributed by atoms with Gasteiger partial charge < -0.3 is 10.6 Å². The summed E-state index contributed by atoms with van der Waals surface area (Å²) in [4.78, 5) is 0. The lowest BCUT2D eigenvalue weighted by molar-refractivity contribution is 1.21. The summed E-state index contributed by atoms with van der Waals surface area (Å²) in [5, 5.41) is 21.3. The van der Waals surface area contributed by atoms with Crippen molar-refractivity contribution in [2.45, 2.75) is 13.8 Å². The maximum absolute atomic E-state index is 8.47. The van der Waals surface area contributed by atoms with Gasteiger partial charge >= 0.3 is 5.08 Å². The van der Waals surface area contributed by atoms with Crippen LogP contribution < -0.4 is 0 Å². The van der Waals surface area contributed by atoms with E-state index in [0.29, 0.717) is 11.4 Å². The van der Waals surface area contributed by atoms with Crippen LogP contribution in [0.5, 0.6) is 0 Å². The second-order valence-electron chi connectivity index (χ2n) is 4.38. The average Bonchev–Trinajstić information content (AvgIpc) is 2.44. The Morgan fingerprint density at radius 3 is 1.95 bits per heavy atom. The SMILES string of the molecule is CC1=CC(=C2C=CC(=N[N+]#N)C(C)=C2)C=CC1=NN=[N-]. The van der Waals surface area contributed by atoms with Crippen LogP contribution in [0.2, 0.25) is 0 Å². The highest BCUT2D eigenvalue weighted by molar-refractivity contribution is 6.11. The second-order valence-corrected chi connectivity index (χ2v) is 4.38. The molecule has 6 heteroatoms. The summed E-state index contributed by atoms with van der Waals surface area (Å²) < 4.78 is 0. The summed E-state index contributed by atoms with van der Waals surface area (Å²) in [6.45, 7) is 3.80. The molecule has 0 spiro atoms. The van der Waals surface area contributed by atoms with Gasteiger partial charge in [-0.3, -0.25) is 5.22 Å². The van der Waals surface area contributed by atoms with Gasteiger partial charge in [0.15, 0.2) is 10.8 Å². The Kier molecular flexibility index (Phi) is 3.91. The van der Waals surface area contributed by atoms with Gasteiger partial charge in [-0.25, -0.2) is 0 Å². The smallest absolute Gasteiger partial charge is 0.339 e. The molecule has 0 aromatic carbocycles. The van der Waals surface area contributed by atoms with Crippen molar-refractivity contribution in [2.75, 3.05) is 0 Å². The highest BCUT2D eigenvalue weighted by Gasteiger charge is 2.12. The molecule has 2 aliphatic carbocycles. The monoisotopic (exact) mass is 264 g/mol.